The Morgan fingerprint density at radius 1 is 1.07 bits per heavy atom. The topological polar surface area (TPSA) is 86.2 Å². The van der Waals surface area contributed by atoms with E-state index in [1.54, 1.807) is 18.2 Å². The first-order valence-electron chi connectivity index (χ1n) is 8.19. The molecule has 0 unspecified atom stereocenters. The zero-order valence-electron chi connectivity index (χ0n) is 15.2. The molecule has 9 heteroatoms. The van der Waals surface area contributed by atoms with Gasteiger partial charge in [-0.25, -0.2) is 0 Å². The highest BCUT2D eigenvalue weighted by molar-refractivity contribution is 7.89. The van der Waals surface area contributed by atoms with Gasteiger partial charge in [-0.2, -0.15) is 18.4 Å². The van der Waals surface area contributed by atoms with Crippen LogP contribution in [0.15, 0.2) is 46.4 Å². The summed E-state index contributed by atoms with van der Waals surface area (Å²) < 4.78 is 41.1. The molecule has 0 amide bonds. The normalized spacial score (nSPS) is 11.4. The van der Waals surface area contributed by atoms with Gasteiger partial charge in [-0.05, 0) is 44.2 Å². The van der Waals surface area contributed by atoms with Crippen molar-refractivity contribution in [1.29, 1.82) is 0 Å². The van der Waals surface area contributed by atoms with Crippen molar-refractivity contribution in [2.45, 2.75) is 18.7 Å². The Labute approximate surface area is 163 Å². The number of ether oxygens (including phenoxy) is 3. The van der Waals surface area contributed by atoms with Gasteiger partial charge in [0.25, 0.3) is 10.0 Å². The minimum absolute atomic E-state index is 0.105. The highest BCUT2D eigenvalue weighted by Gasteiger charge is 2.19. The third-order valence-corrected chi connectivity index (χ3v) is 4.87. The summed E-state index contributed by atoms with van der Waals surface area (Å²) in [6.45, 7) is 4.71. The molecule has 0 spiro atoms. The van der Waals surface area contributed by atoms with E-state index in [1.807, 2.05) is 13.8 Å². The van der Waals surface area contributed by atoms with Crippen molar-refractivity contribution < 1.29 is 22.6 Å². The predicted octanol–water partition coefficient (Wildman–Crippen LogP) is 3.46. The highest BCUT2D eigenvalue weighted by atomic mass is 35.5. The Kier molecular flexibility index (Phi) is 7.32. The van der Waals surface area contributed by atoms with Gasteiger partial charge in [-0.1, -0.05) is 11.6 Å². The molecule has 0 saturated heterocycles. The number of nitrogens with zero attached hydrogens (tertiary/aromatic N) is 1. The average molecular weight is 413 g/mol. The summed E-state index contributed by atoms with van der Waals surface area (Å²) in [6.07, 6.45) is 1.36. The van der Waals surface area contributed by atoms with Crippen LogP contribution in [0, 0.1) is 0 Å². The second-order valence-electron chi connectivity index (χ2n) is 5.21. The number of nitrogens with one attached hydrogen (secondary N) is 1. The fraction of sp³-hybridized carbons (Fsp3) is 0.278. The standard InChI is InChI=1S/C18H21ClN2O5S/c1-4-25-15-8-6-13(17(11-15)26-5-2)12-20-21-27(22,23)18-10-14(19)7-9-16(18)24-3/h6-12,21H,4-5H2,1-3H3/b20-12+. The molecule has 0 aromatic heterocycles. The number of methoxy groups -OCH3 is 1. The summed E-state index contributed by atoms with van der Waals surface area (Å²) in [7, 11) is -2.59. The number of hydrazone groups is 1. The summed E-state index contributed by atoms with van der Waals surface area (Å²) in [5, 5.41) is 4.10. The van der Waals surface area contributed by atoms with Gasteiger partial charge in [0.1, 0.15) is 22.1 Å². The molecule has 0 radical (unpaired) electrons. The summed E-state index contributed by atoms with van der Waals surface area (Å²) in [5.41, 5.74) is 0.598. The van der Waals surface area contributed by atoms with Crippen LogP contribution in [-0.4, -0.2) is 35.0 Å². The van der Waals surface area contributed by atoms with E-state index in [0.29, 0.717) is 30.3 Å². The maximum absolute atomic E-state index is 12.5. The van der Waals surface area contributed by atoms with Crippen LogP contribution in [0.2, 0.25) is 5.02 Å². The van der Waals surface area contributed by atoms with Crippen LogP contribution < -0.4 is 19.0 Å². The highest BCUT2D eigenvalue weighted by Crippen LogP contribution is 2.27. The molecule has 7 nitrogen and oxygen atoms in total. The van der Waals surface area contributed by atoms with Gasteiger partial charge < -0.3 is 14.2 Å². The molecule has 146 valence electrons. The Balaban J connectivity index is 2.25. The molecule has 0 aliphatic rings. The smallest absolute Gasteiger partial charge is 0.280 e. The van der Waals surface area contributed by atoms with Crippen LogP contribution in [-0.2, 0) is 10.0 Å². The number of halogens is 1. The molecule has 0 heterocycles. The van der Waals surface area contributed by atoms with Crippen LogP contribution in [0.5, 0.6) is 17.2 Å². The van der Waals surface area contributed by atoms with Gasteiger partial charge in [-0.15, -0.1) is 0 Å². The van der Waals surface area contributed by atoms with E-state index < -0.39 is 10.0 Å². The van der Waals surface area contributed by atoms with Crippen molar-refractivity contribution in [2.24, 2.45) is 5.10 Å². The Hall–Kier alpha value is -2.45. The van der Waals surface area contributed by atoms with Crippen LogP contribution in [0.25, 0.3) is 0 Å². The van der Waals surface area contributed by atoms with Crippen molar-refractivity contribution in [1.82, 2.24) is 4.83 Å². The number of hydrogen-bond donors (Lipinski definition) is 1. The van der Waals surface area contributed by atoms with E-state index in [-0.39, 0.29) is 15.7 Å². The Bertz CT molecular complexity index is 916. The number of benzene rings is 2. The van der Waals surface area contributed by atoms with E-state index in [4.69, 9.17) is 25.8 Å². The van der Waals surface area contributed by atoms with Gasteiger partial charge in [0.2, 0.25) is 0 Å². The van der Waals surface area contributed by atoms with E-state index in [0.717, 1.165) is 0 Å². The monoisotopic (exact) mass is 412 g/mol. The molecule has 0 saturated carbocycles. The van der Waals surface area contributed by atoms with E-state index in [9.17, 15) is 8.42 Å². The average Bonchev–Trinajstić information content (AvgIpc) is 2.64. The molecule has 0 atom stereocenters. The van der Waals surface area contributed by atoms with Crippen LogP contribution in [0.3, 0.4) is 0 Å². The van der Waals surface area contributed by atoms with Gasteiger partial charge in [0.15, 0.2) is 0 Å². The Morgan fingerprint density at radius 2 is 1.81 bits per heavy atom. The van der Waals surface area contributed by atoms with Gasteiger partial charge in [0.05, 0.1) is 26.5 Å². The summed E-state index contributed by atoms with van der Waals surface area (Å²) in [5.74, 6) is 1.35. The van der Waals surface area contributed by atoms with Crippen LogP contribution in [0.4, 0.5) is 0 Å². The molecule has 2 rings (SSSR count). The lowest BCUT2D eigenvalue weighted by Crippen LogP contribution is -2.19. The predicted molar refractivity (Wildman–Crippen MR) is 105 cm³/mol. The van der Waals surface area contributed by atoms with Crippen molar-refractivity contribution in [3.05, 3.63) is 47.0 Å². The summed E-state index contributed by atoms with van der Waals surface area (Å²) >= 11 is 5.89. The number of sulfonamides is 1. The molecule has 27 heavy (non-hydrogen) atoms. The van der Waals surface area contributed by atoms with Crippen molar-refractivity contribution in [3.63, 3.8) is 0 Å². The maximum Gasteiger partial charge on any atom is 0.280 e. The first kappa shape index (κ1) is 20.9. The minimum Gasteiger partial charge on any atom is -0.495 e. The first-order chi connectivity index (χ1) is 12.9. The van der Waals surface area contributed by atoms with E-state index in [1.165, 1.54) is 31.5 Å². The molecule has 1 N–H and O–H groups in total. The Morgan fingerprint density at radius 3 is 2.48 bits per heavy atom. The third-order valence-electron chi connectivity index (χ3n) is 3.39. The lowest BCUT2D eigenvalue weighted by molar-refractivity contribution is 0.323. The SMILES string of the molecule is CCOc1ccc(/C=N/NS(=O)(=O)c2cc(Cl)ccc2OC)c(OCC)c1. The second-order valence-corrected chi connectivity index (χ2v) is 7.28. The molecule has 0 bridgehead atoms. The molecule has 0 aliphatic carbocycles. The quantitative estimate of drug-likeness (QED) is 0.503. The maximum atomic E-state index is 12.5. The first-order valence-corrected chi connectivity index (χ1v) is 10.1. The van der Waals surface area contributed by atoms with E-state index in [2.05, 4.69) is 9.93 Å². The zero-order valence-corrected chi connectivity index (χ0v) is 16.8. The van der Waals surface area contributed by atoms with Gasteiger partial charge in [0, 0.05) is 16.7 Å². The molecule has 0 aliphatic heterocycles. The molecule has 2 aromatic carbocycles. The summed E-state index contributed by atoms with van der Waals surface area (Å²) in [6, 6.07) is 9.51. The zero-order chi connectivity index (χ0) is 19.9. The third kappa shape index (κ3) is 5.51. The van der Waals surface area contributed by atoms with Crippen LogP contribution in [0.1, 0.15) is 19.4 Å². The second kappa shape index (κ2) is 9.48. The molecule has 0 fully saturated rings. The fourth-order valence-corrected chi connectivity index (χ4v) is 3.46. The van der Waals surface area contributed by atoms with Crippen molar-refractivity contribution in [2.75, 3.05) is 20.3 Å². The van der Waals surface area contributed by atoms with Crippen molar-refractivity contribution in [3.8, 4) is 17.2 Å². The minimum atomic E-state index is -3.96. The largest absolute Gasteiger partial charge is 0.495 e. The van der Waals surface area contributed by atoms with Gasteiger partial charge >= 0.3 is 0 Å². The molecule has 2 aromatic rings. The lowest BCUT2D eigenvalue weighted by atomic mass is 10.2. The number of rotatable bonds is 9. The molecular formula is C18H21ClN2O5S. The van der Waals surface area contributed by atoms with Gasteiger partial charge in [-0.3, -0.25) is 0 Å². The number of hydrogen-bond acceptors (Lipinski definition) is 6. The fourth-order valence-electron chi connectivity index (χ4n) is 2.23. The van der Waals surface area contributed by atoms with Crippen LogP contribution >= 0.6 is 11.6 Å². The van der Waals surface area contributed by atoms with Crippen molar-refractivity contribution >= 4 is 27.8 Å². The summed E-state index contributed by atoms with van der Waals surface area (Å²) in [4.78, 5) is 2.05. The molecular weight excluding hydrogens is 392 g/mol. The lowest BCUT2D eigenvalue weighted by Gasteiger charge is -2.11. The van der Waals surface area contributed by atoms with E-state index >= 15 is 0 Å².